The molecule has 15 heavy (non-hydrogen) atoms. The van der Waals surface area contributed by atoms with Gasteiger partial charge in [-0.15, -0.1) is 0 Å². The number of rotatable bonds is 12. The molecule has 0 saturated carbocycles. The van der Waals surface area contributed by atoms with Crippen LogP contribution in [0, 0.1) is 0 Å². The largest absolute Gasteiger partial charge is 0.396 e. The zero-order valence-corrected chi connectivity index (χ0v) is 9.88. The molecule has 0 atom stereocenters. The molecule has 3 heteroatoms. The van der Waals surface area contributed by atoms with Crippen molar-refractivity contribution in [1.29, 1.82) is 0 Å². The van der Waals surface area contributed by atoms with Crippen molar-refractivity contribution in [2.75, 3.05) is 26.3 Å². The van der Waals surface area contributed by atoms with Gasteiger partial charge in [0, 0.05) is 13.2 Å². The summed E-state index contributed by atoms with van der Waals surface area (Å²) in [6.07, 6.45) is 9.20. The van der Waals surface area contributed by atoms with E-state index in [-0.39, 0.29) is 0 Å². The Kier molecular flexibility index (Phi) is 13.8. The van der Waals surface area contributed by atoms with Gasteiger partial charge in [0.15, 0.2) is 0 Å². The average molecular weight is 217 g/mol. The molecular formula is C12H27NO2. The highest BCUT2D eigenvalue weighted by Crippen LogP contribution is 2.04. The standard InChI is InChI=1S/C12H27NO2/c14-11-7-4-2-1-3-5-9-13-10-6-8-12-15/h13-15H,1-12H2. The van der Waals surface area contributed by atoms with Crippen LogP contribution in [0.2, 0.25) is 0 Å². The Bertz CT molecular complexity index is 97.8. The number of nitrogens with one attached hydrogen (secondary N) is 1. The zero-order chi connectivity index (χ0) is 11.2. The van der Waals surface area contributed by atoms with E-state index in [1.54, 1.807) is 0 Å². The molecule has 0 aromatic rings. The first-order valence-corrected chi connectivity index (χ1v) is 6.34. The average Bonchev–Trinajstić information content (AvgIpc) is 2.26. The van der Waals surface area contributed by atoms with Crippen LogP contribution in [-0.2, 0) is 0 Å². The van der Waals surface area contributed by atoms with Crippen LogP contribution in [0.3, 0.4) is 0 Å². The molecule has 3 nitrogen and oxygen atoms in total. The lowest BCUT2D eigenvalue weighted by Crippen LogP contribution is -2.16. The molecule has 0 aliphatic heterocycles. The molecule has 3 N–H and O–H groups in total. The quantitative estimate of drug-likeness (QED) is 0.436. The smallest absolute Gasteiger partial charge is 0.0431 e. The van der Waals surface area contributed by atoms with Crippen LogP contribution in [-0.4, -0.2) is 36.5 Å². The summed E-state index contributed by atoms with van der Waals surface area (Å²) in [5.74, 6) is 0. The number of unbranched alkanes of at least 4 members (excludes halogenated alkanes) is 6. The minimum Gasteiger partial charge on any atom is -0.396 e. The molecule has 0 saturated heterocycles. The van der Waals surface area contributed by atoms with Crippen LogP contribution >= 0.6 is 0 Å². The molecule has 0 aliphatic rings. The van der Waals surface area contributed by atoms with E-state index in [0.717, 1.165) is 32.4 Å². The fourth-order valence-corrected chi connectivity index (χ4v) is 1.56. The molecule has 0 aliphatic carbocycles. The summed E-state index contributed by atoms with van der Waals surface area (Å²) in [6.45, 7) is 2.79. The van der Waals surface area contributed by atoms with E-state index in [4.69, 9.17) is 10.2 Å². The van der Waals surface area contributed by atoms with Crippen LogP contribution < -0.4 is 5.32 Å². The fraction of sp³-hybridized carbons (Fsp3) is 1.00. The van der Waals surface area contributed by atoms with E-state index in [1.165, 1.54) is 32.1 Å². The molecule has 92 valence electrons. The SMILES string of the molecule is OCCCCCCCCNCCCCO. The molecule has 0 aromatic carbocycles. The summed E-state index contributed by atoms with van der Waals surface area (Å²) in [7, 11) is 0. The van der Waals surface area contributed by atoms with Crippen molar-refractivity contribution in [2.24, 2.45) is 0 Å². The molecule has 0 heterocycles. The van der Waals surface area contributed by atoms with E-state index in [0.29, 0.717) is 13.2 Å². The Hall–Kier alpha value is -0.120. The molecule has 0 spiro atoms. The van der Waals surface area contributed by atoms with E-state index in [1.807, 2.05) is 0 Å². The van der Waals surface area contributed by atoms with Crippen molar-refractivity contribution >= 4 is 0 Å². The van der Waals surface area contributed by atoms with Crippen molar-refractivity contribution in [1.82, 2.24) is 5.32 Å². The summed E-state index contributed by atoms with van der Waals surface area (Å²) in [4.78, 5) is 0. The normalized spacial score (nSPS) is 10.8. The van der Waals surface area contributed by atoms with Crippen LogP contribution in [0.15, 0.2) is 0 Å². The predicted octanol–water partition coefficient (Wildman–Crippen LogP) is 1.68. The van der Waals surface area contributed by atoms with E-state index < -0.39 is 0 Å². The molecule has 0 aromatic heterocycles. The van der Waals surface area contributed by atoms with Gasteiger partial charge in [-0.05, 0) is 38.8 Å². The van der Waals surface area contributed by atoms with Gasteiger partial charge in [-0.2, -0.15) is 0 Å². The van der Waals surface area contributed by atoms with Gasteiger partial charge >= 0.3 is 0 Å². The first-order valence-electron chi connectivity index (χ1n) is 6.34. The third-order valence-corrected chi connectivity index (χ3v) is 2.52. The van der Waals surface area contributed by atoms with Crippen molar-refractivity contribution in [3.63, 3.8) is 0 Å². The molecule has 0 bridgehead atoms. The van der Waals surface area contributed by atoms with Gasteiger partial charge in [0.2, 0.25) is 0 Å². The number of hydrogen-bond donors (Lipinski definition) is 3. The fourth-order valence-electron chi connectivity index (χ4n) is 1.56. The second-order valence-electron chi connectivity index (χ2n) is 4.03. The van der Waals surface area contributed by atoms with E-state index in [9.17, 15) is 0 Å². The molecular weight excluding hydrogens is 190 g/mol. The van der Waals surface area contributed by atoms with E-state index >= 15 is 0 Å². The maximum Gasteiger partial charge on any atom is 0.0431 e. The highest BCUT2D eigenvalue weighted by Gasteiger charge is 1.91. The Labute approximate surface area is 93.9 Å². The molecule has 0 amide bonds. The number of aliphatic hydroxyl groups excluding tert-OH is 2. The molecule has 0 fully saturated rings. The first-order chi connectivity index (χ1) is 7.41. The van der Waals surface area contributed by atoms with Gasteiger partial charge in [-0.25, -0.2) is 0 Å². The zero-order valence-electron chi connectivity index (χ0n) is 9.88. The second-order valence-corrected chi connectivity index (χ2v) is 4.03. The Morgan fingerprint density at radius 2 is 0.933 bits per heavy atom. The van der Waals surface area contributed by atoms with Gasteiger partial charge in [0.05, 0.1) is 0 Å². The van der Waals surface area contributed by atoms with Crippen molar-refractivity contribution < 1.29 is 10.2 Å². The lowest BCUT2D eigenvalue weighted by atomic mass is 10.1. The Morgan fingerprint density at radius 3 is 1.53 bits per heavy atom. The highest BCUT2D eigenvalue weighted by atomic mass is 16.3. The summed E-state index contributed by atoms with van der Waals surface area (Å²) in [6, 6.07) is 0. The molecule has 0 radical (unpaired) electrons. The third kappa shape index (κ3) is 13.9. The minimum atomic E-state index is 0.312. The van der Waals surface area contributed by atoms with E-state index in [2.05, 4.69) is 5.32 Å². The lowest BCUT2D eigenvalue weighted by Gasteiger charge is -2.03. The van der Waals surface area contributed by atoms with Crippen molar-refractivity contribution in [3.05, 3.63) is 0 Å². The second kappa shape index (κ2) is 13.9. The van der Waals surface area contributed by atoms with Gasteiger partial charge in [-0.1, -0.05) is 25.7 Å². The predicted molar refractivity (Wildman–Crippen MR) is 64.0 cm³/mol. The summed E-state index contributed by atoms with van der Waals surface area (Å²) in [5, 5.41) is 20.5. The molecule has 0 rings (SSSR count). The summed E-state index contributed by atoms with van der Waals surface area (Å²) < 4.78 is 0. The highest BCUT2D eigenvalue weighted by molar-refractivity contribution is 4.50. The van der Waals surface area contributed by atoms with Crippen LogP contribution in [0.5, 0.6) is 0 Å². The lowest BCUT2D eigenvalue weighted by molar-refractivity contribution is 0.282. The minimum absolute atomic E-state index is 0.312. The third-order valence-electron chi connectivity index (χ3n) is 2.52. The number of hydrogen-bond acceptors (Lipinski definition) is 3. The summed E-state index contributed by atoms with van der Waals surface area (Å²) in [5.41, 5.74) is 0. The number of aliphatic hydroxyl groups is 2. The summed E-state index contributed by atoms with van der Waals surface area (Å²) >= 11 is 0. The monoisotopic (exact) mass is 217 g/mol. The van der Waals surface area contributed by atoms with Crippen LogP contribution in [0.25, 0.3) is 0 Å². The van der Waals surface area contributed by atoms with Gasteiger partial charge < -0.3 is 15.5 Å². The van der Waals surface area contributed by atoms with Crippen LogP contribution in [0.1, 0.15) is 51.4 Å². The Morgan fingerprint density at radius 1 is 0.533 bits per heavy atom. The van der Waals surface area contributed by atoms with Crippen LogP contribution in [0.4, 0.5) is 0 Å². The van der Waals surface area contributed by atoms with Crippen molar-refractivity contribution in [2.45, 2.75) is 51.4 Å². The Balaban J connectivity index is 2.81. The maximum atomic E-state index is 8.58. The van der Waals surface area contributed by atoms with Gasteiger partial charge in [0.1, 0.15) is 0 Å². The molecule has 0 unspecified atom stereocenters. The topological polar surface area (TPSA) is 52.5 Å². The van der Waals surface area contributed by atoms with Crippen molar-refractivity contribution in [3.8, 4) is 0 Å². The van der Waals surface area contributed by atoms with Gasteiger partial charge in [-0.3, -0.25) is 0 Å². The first kappa shape index (κ1) is 14.9. The van der Waals surface area contributed by atoms with Gasteiger partial charge in [0.25, 0.3) is 0 Å². The maximum absolute atomic E-state index is 8.58.